The fourth-order valence-corrected chi connectivity index (χ4v) is 0.0250. The zero-order chi connectivity index (χ0) is 7.70. The van der Waals surface area contributed by atoms with Gasteiger partial charge in [0.15, 0.2) is 18.3 Å². The van der Waals surface area contributed by atoms with Crippen LogP contribution in [0.1, 0.15) is 0 Å². The van der Waals surface area contributed by atoms with E-state index in [1.807, 2.05) is 0 Å². The second-order valence-electron chi connectivity index (χ2n) is 0.804. The monoisotopic (exact) mass is 126 g/mol. The van der Waals surface area contributed by atoms with Gasteiger partial charge in [0.1, 0.15) is 0 Å². The third-order valence-corrected chi connectivity index (χ3v) is 0.112. The molecule has 0 aromatic rings. The maximum Gasteiger partial charge on any atom is 0.190 e. The third kappa shape index (κ3) is 39700. The molecule has 0 aliphatic rings. The lowest BCUT2D eigenvalue weighted by atomic mass is 11.1. The van der Waals surface area contributed by atoms with Gasteiger partial charge in [0.25, 0.3) is 0 Å². The molecule has 0 spiro atoms. The van der Waals surface area contributed by atoms with Crippen LogP contribution in [0.3, 0.4) is 0 Å². The van der Waals surface area contributed by atoms with Crippen LogP contribution in [0.5, 0.6) is 0 Å². The van der Waals surface area contributed by atoms with E-state index in [2.05, 4.69) is 11.5 Å². The van der Waals surface area contributed by atoms with E-state index in [9.17, 15) is 0 Å². The van der Waals surface area contributed by atoms with Gasteiger partial charge in [-0.15, -0.1) is 0 Å². The van der Waals surface area contributed by atoms with Crippen molar-refractivity contribution in [3.8, 4) is 12.4 Å². The van der Waals surface area contributed by atoms with Crippen LogP contribution in [-0.2, 0) is 0 Å². The van der Waals surface area contributed by atoms with Crippen LogP contribution < -0.4 is 16.8 Å². The van der Waals surface area contributed by atoms with Crippen LogP contribution in [0.2, 0.25) is 0 Å². The van der Waals surface area contributed by atoms with E-state index in [4.69, 9.17) is 15.9 Å². The molecule has 0 fully saturated rings. The average Bonchev–Trinajstić information content (AvgIpc) is 1.66. The Morgan fingerprint density at radius 1 is 1.33 bits per heavy atom. The maximum atomic E-state index is 7.48. The summed E-state index contributed by atoms with van der Waals surface area (Å²) in [5, 5.41) is 22.7. The first-order valence-electron chi connectivity index (χ1n) is 1.77. The highest BCUT2D eigenvalue weighted by Crippen LogP contribution is 1.28. The number of rotatable bonds is 0. The van der Waals surface area contributed by atoms with E-state index < -0.39 is 0 Å². The molecule has 6 N–H and O–H groups in total. The Bertz CT molecular complexity index is 131. The number of nitrogens with one attached hydrogen (secondary N) is 2. The molecule has 0 aliphatic carbocycles. The van der Waals surface area contributed by atoms with Crippen LogP contribution in [-0.4, -0.2) is 5.96 Å². The van der Waals surface area contributed by atoms with Gasteiger partial charge in [-0.3, -0.25) is 5.41 Å². The van der Waals surface area contributed by atoms with E-state index in [1.165, 1.54) is 12.4 Å². The molecular weight excluding hydrogens is 120 g/mol. The van der Waals surface area contributed by atoms with E-state index in [0.717, 1.165) is 0 Å². The predicted octanol–water partition coefficient (Wildman–Crippen LogP) is -1.62. The molecule has 0 aromatic carbocycles. The largest absolute Gasteiger partial charge is 0.370 e. The first-order chi connectivity index (χ1) is 4.15. The normalized spacial score (nSPS) is 4.67. The Morgan fingerprint density at radius 3 is 1.56 bits per heavy atom. The number of hydrogen-bond acceptors (Lipinski definition) is 4. The standard InChI is InChI=1S/C2HN3.CH5N3/c3-1-5-2-4;2-1(3)4/h5H;(H5,2,3,4). The fourth-order valence-electron chi connectivity index (χ4n) is 0.0250. The topological polar surface area (TPSA) is 136 Å². The minimum Gasteiger partial charge on any atom is -0.370 e. The molecule has 0 aliphatic heterocycles. The summed E-state index contributed by atoms with van der Waals surface area (Å²) in [4.78, 5) is 0. The highest BCUT2D eigenvalue weighted by Gasteiger charge is 1.53. The second-order valence-corrected chi connectivity index (χ2v) is 0.804. The summed E-state index contributed by atoms with van der Waals surface area (Å²) < 4.78 is 0. The van der Waals surface area contributed by atoms with E-state index in [1.54, 1.807) is 5.32 Å². The second kappa shape index (κ2) is 9.41. The van der Waals surface area contributed by atoms with Gasteiger partial charge in [0, 0.05) is 0 Å². The molecule has 0 bridgehead atoms. The predicted molar refractivity (Wildman–Crippen MR) is 30.5 cm³/mol. The third-order valence-electron chi connectivity index (χ3n) is 0.112. The van der Waals surface area contributed by atoms with Crippen LogP contribution in [0.25, 0.3) is 0 Å². The first-order valence-corrected chi connectivity index (χ1v) is 1.77. The van der Waals surface area contributed by atoms with Crippen molar-refractivity contribution in [2.45, 2.75) is 0 Å². The number of nitrogens with two attached hydrogens (primary N) is 2. The first kappa shape index (κ1) is 10.1. The van der Waals surface area contributed by atoms with Gasteiger partial charge in [-0.1, -0.05) is 0 Å². The molecule has 48 valence electrons. The quantitative estimate of drug-likeness (QED) is 0.134. The van der Waals surface area contributed by atoms with Crippen LogP contribution in [0.15, 0.2) is 0 Å². The van der Waals surface area contributed by atoms with E-state index in [-0.39, 0.29) is 5.96 Å². The van der Waals surface area contributed by atoms with Gasteiger partial charge in [0.05, 0.1) is 0 Å². The molecule has 0 rings (SSSR count). The minimum absolute atomic E-state index is 0.333. The molecule has 0 amide bonds. The highest BCUT2D eigenvalue weighted by molar-refractivity contribution is 5.71. The summed E-state index contributed by atoms with van der Waals surface area (Å²) >= 11 is 0. The zero-order valence-electron chi connectivity index (χ0n) is 4.55. The number of guanidine groups is 1. The Labute approximate surface area is 52.2 Å². The summed E-state index contributed by atoms with van der Waals surface area (Å²) in [7, 11) is 0. The molecule has 0 radical (unpaired) electrons. The molecule has 0 heterocycles. The summed E-state index contributed by atoms with van der Waals surface area (Å²) in [5.74, 6) is -0.333. The number of hydrogen-bond donors (Lipinski definition) is 4. The molecule has 0 saturated carbocycles. The zero-order valence-corrected chi connectivity index (χ0v) is 4.55. The van der Waals surface area contributed by atoms with Crippen molar-refractivity contribution in [1.82, 2.24) is 5.32 Å². The SMILES string of the molecule is N#CNC#N.N=C(N)N. The van der Waals surface area contributed by atoms with Crippen molar-refractivity contribution in [1.29, 1.82) is 15.9 Å². The van der Waals surface area contributed by atoms with Crippen molar-refractivity contribution < 1.29 is 0 Å². The lowest BCUT2D eigenvalue weighted by Crippen LogP contribution is -2.20. The van der Waals surface area contributed by atoms with E-state index >= 15 is 0 Å². The minimum atomic E-state index is -0.333. The van der Waals surface area contributed by atoms with Crippen LogP contribution >= 0.6 is 0 Å². The average molecular weight is 126 g/mol. The molecule has 0 aromatic heterocycles. The van der Waals surface area contributed by atoms with Crippen molar-refractivity contribution >= 4 is 5.96 Å². The molecule has 6 heteroatoms. The summed E-state index contributed by atoms with van der Waals surface area (Å²) in [6.07, 6.45) is 2.81. The van der Waals surface area contributed by atoms with Gasteiger partial charge in [-0.25, -0.2) is 5.32 Å². The van der Waals surface area contributed by atoms with Gasteiger partial charge in [-0.05, 0) is 0 Å². The van der Waals surface area contributed by atoms with Crippen molar-refractivity contribution in [2.75, 3.05) is 0 Å². The van der Waals surface area contributed by atoms with Gasteiger partial charge in [-0.2, -0.15) is 10.5 Å². The van der Waals surface area contributed by atoms with E-state index in [0.29, 0.717) is 0 Å². The lowest BCUT2D eigenvalue weighted by Gasteiger charge is -1.69. The molecule has 0 saturated heterocycles. The highest BCUT2D eigenvalue weighted by atomic mass is 14.9. The van der Waals surface area contributed by atoms with Crippen molar-refractivity contribution in [3.63, 3.8) is 0 Å². The van der Waals surface area contributed by atoms with Crippen LogP contribution in [0, 0.1) is 28.3 Å². The Balaban J connectivity index is 0. The lowest BCUT2D eigenvalue weighted by molar-refractivity contribution is 1.20. The Kier molecular flexibility index (Phi) is 10.6. The maximum absolute atomic E-state index is 7.48. The Morgan fingerprint density at radius 2 is 1.56 bits per heavy atom. The van der Waals surface area contributed by atoms with Gasteiger partial charge >= 0.3 is 0 Å². The molecule has 0 atom stereocenters. The van der Waals surface area contributed by atoms with Crippen LogP contribution in [0.4, 0.5) is 0 Å². The summed E-state index contributed by atoms with van der Waals surface area (Å²) in [6.45, 7) is 0. The molecular formula is C3H6N6. The van der Waals surface area contributed by atoms with Gasteiger partial charge < -0.3 is 11.5 Å². The molecule has 9 heavy (non-hydrogen) atoms. The Hall–Kier alpha value is -1.95. The fraction of sp³-hybridized carbons (Fsp3) is 0. The molecule has 0 unspecified atom stereocenters. The molecule has 6 nitrogen and oxygen atoms in total. The summed E-state index contributed by atoms with van der Waals surface area (Å²) in [6, 6.07) is 0. The number of nitriles is 2. The smallest absolute Gasteiger partial charge is 0.190 e. The summed E-state index contributed by atoms with van der Waals surface area (Å²) in [5.41, 5.74) is 8.94. The van der Waals surface area contributed by atoms with Crippen molar-refractivity contribution in [2.24, 2.45) is 11.5 Å². The number of nitrogens with zero attached hydrogens (tertiary/aromatic N) is 2. The van der Waals surface area contributed by atoms with Crippen molar-refractivity contribution in [3.05, 3.63) is 0 Å². The van der Waals surface area contributed by atoms with Gasteiger partial charge in [0.2, 0.25) is 0 Å².